The zero-order chi connectivity index (χ0) is 17.5. The Morgan fingerprint density at radius 3 is 2.92 bits per heavy atom. The second-order valence-corrected chi connectivity index (χ2v) is 7.45. The van der Waals surface area contributed by atoms with Crippen LogP contribution in [0.4, 0.5) is 5.69 Å². The van der Waals surface area contributed by atoms with Crippen LogP contribution in [0, 0.1) is 13.8 Å². The van der Waals surface area contributed by atoms with Crippen LogP contribution in [0.5, 0.6) is 0 Å². The third-order valence-electron chi connectivity index (χ3n) is 3.44. The van der Waals surface area contributed by atoms with Crippen molar-refractivity contribution < 1.29 is 14.9 Å². The Hall–Kier alpha value is -1.51. The third-order valence-corrected chi connectivity index (χ3v) is 4.90. The number of nitrogens with zero attached hydrogens (tertiary/aromatic N) is 2. The lowest BCUT2D eigenvalue weighted by Gasteiger charge is -2.08. The lowest BCUT2D eigenvalue weighted by molar-refractivity contribution is -0.432. The lowest BCUT2D eigenvalue weighted by Crippen LogP contribution is -2.53. The number of carbonyl (C=O) groups excluding carboxylic acids is 1. The summed E-state index contributed by atoms with van der Waals surface area (Å²) in [5.74, 6) is 1.65. The van der Waals surface area contributed by atoms with E-state index < -0.39 is 0 Å². The van der Waals surface area contributed by atoms with Crippen molar-refractivity contribution in [3.63, 3.8) is 0 Å². The Morgan fingerprint density at radius 2 is 2.17 bits per heavy atom. The fraction of sp³-hybridized carbons (Fsp3) is 0.438. The van der Waals surface area contributed by atoms with Gasteiger partial charge in [0.2, 0.25) is 5.91 Å². The standard InChI is InChI=1S/C16H22N4O2S2/c1-10-4-5-11(2)13(8-10)18-14(21)9-24-16-20-19-15(22-16)12(17)6-7-23-3/h4-5,8,12H,6-7,9,17H2,1-3H3,(H,18,21)/p+1/t12-/m0/s1. The molecule has 2 rings (SSSR count). The monoisotopic (exact) mass is 367 g/mol. The smallest absolute Gasteiger partial charge is 0.277 e. The number of rotatable bonds is 8. The molecule has 0 saturated heterocycles. The molecule has 0 spiro atoms. The predicted molar refractivity (Wildman–Crippen MR) is 98.2 cm³/mol. The Bertz CT molecular complexity index is 690. The predicted octanol–water partition coefficient (Wildman–Crippen LogP) is 2.45. The van der Waals surface area contributed by atoms with E-state index in [0.717, 1.165) is 29.0 Å². The van der Waals surface area contributed by atoms with Crippen molar-refractivity contribution >= 4 is 35.1 Å². The van der Waals surface area contributed by atoms with Crippen molar-refractivity contribution in [2.24, 2.45) is 0 Å². The number of hydrogen-bond donors (Lipinski definition) is 2. The van der Waals surface area contributed by atoms with Crippen LogP contribution in [-0.2, 0) is 4.79 Å². The first-order chi connectivity index (χ1) is 11.5. The Labute approximate surface area is 150 Å². The molecular weight excluding hydrogens is 344 g/mol. The number of quaternary nitrogens is 1. The summed E-state index contributed by atoms with van der Waals surface area (Å²) in [4.78, 5) is 12.1. The maximum atomic E-state index is 12.1. The summed E-state index contributed by atoms with van der Waals surface area (Å²) in [5, 5.41) is 11.3. The average molecular weight is 368 g/mol. The molecular formula is C16H23N4O2S2+. The number of amides is 1. The number of anilines is 1. The van der Waals surface area contributed by atoms with Gasteiger partial charge in [-0.15, -0.1) is 10.2 Å². The minimum atomic E-state index is -0.0954. The number of carbonyl (C=O) groups is 1. The normalized spacial score (nSPS) is 12.2. The number of benzene rings is 1. The number of thioether (sulfide) groups is 2. The Morgan fingerprint density at radius 1 is 1.38 bits per heavy atom. The second kappa shape index (κ2) is 9.10. The van der Waals surface area contributed by atoms with Gasteiger partial charge in [0.05, 0.1) is 5.75 Å². The van der Waals surface area contributed by atoms with Crippen molar-refractivity contribution in [2.45, 2.75) is 31.5 Å². The van der Waals surface area contributed by atoms with Crippen LogP contribution in [0.3, 0.4) is 0 Å². The third kappa shape index (κ3) is 5.54. The number of hydrogen-bond acceptors (Lipinski definition) is 6. The zero-order valence-corrected chi connectivity index (χ0v) is 15.8. The van der Waals surface area contributed by atoms with Crippen LogP contribution in [0.1, 0.15) is 29.5 Å². The molecule has 4 N–H and O–H groups in total. The zero-order valence-electron chi connectivity index (χ0n) is 14.2. The summed E-state index contributed by atoms with van der Waals surface area (Å²) in [6.45, 7) is 3.96. The van der Waals surface area contributed by atoms with E-state index in [2.05, 4.69) is 27.5 Å². The van der Waals surface area contributed by atoms with Gasteiger partial charge >= 0.3 is 0 Å². The Balaban J connectivity index is 1.86. The van der Waals surface area contributed by atoms with Crippen LogP contribution in [0.25, 0.3) is 0 Å². The van der Waals surface area contributed by atoms with E-state index in [1.165, 1.54) is 11.8 Å². The van der Waals surface area contributed by atoms with Crippen LogP contribution in [0.15, 0.2) is 27.8 Å². The van der Waals surface area contributed by atoms with Gasteiger partial charge in [0.1, 0.15) is 0 Å². The van der Waals surface area contributed by atoms with E-state index in [1.807, 2.05) is 32.0 Å². The molecule has 1 atom stereocenters. The van der Waals surface area contributed by atoms with Gasteiger partial charge in [0.25, 0.3) is 11.1 Å². The molecule has 0 fully saturated rings. The van der Waals surface area contributed by atoms with E-state index in [9.17, 15) is 4.79 Å². The molecule has 0 aliphatic heterocycles. The molecule has 0 radical (unpaired) electrons. The van der Waals surface area contributed by atoms with E-state index in [4.69, 9.17) is 4.42 Å². The van der Waals surface area contributed by atoms with Gasteiger partial charge in [0.15, 0.2) is 6.04 Å². The van der Waals surface area contributed by atoms with Crippen molar-refractivity contribution in [1.29, 1.82) is 0 Å². The lowest BCUT2D eigenvalue weighted by atomic mass is 10.1. The number of aromatic nitrogens is 2. The topological polar surface area (TPSA) is 95.7 Å². The fourth-order valence-corrected chi connectivity index (χ4v) is 3.10. The number of nitrogens with one attached hydrogen (secondary N) is 1. The highest BCUT2D eigenvalue weighted by Crippen LogP contribution is 2.21. The van der Waals surface area contributed by atoms with E-state index >= 15 is 0 Å². The Kier molecular flexibility index (Phi) is 7.14. The van der Waals surface area contributed by atoms with E-state index in [0.29, 0.717) is 11.1 Å². The van der Waals surface area contributed by atoms with E-state index in [-0.39, 0.29) is 17.7 Å². The molecule has 6 nitrogen and oxygen atoms in total. The van der Waals surface area contributed by atoms with E-state index in [1.54, 1.807) is 11.8 Å². The highest BCUT2D eigenvalue weighted by Gasteiger charge is 2.18. The van der Waals surface area contributed by atoms with Crippen molar-refractivity contribution in [2.75, 3.05) is 23.1 Å². The highest BCUT2D eigenvalue weighted by atomic mass is 32.2. The molecule has 1 aromatic carbocycles. The maximum Gasteiger partial charge on any atom is 0.277 e. The SMILES string of the molecule is CSCC[C@H]([NH3+])c1nnc(SCC(=O)Nc2cc(C)ccc2C)o1. The summed E-state index contributed by atoms with van der Waals surface area (Å²) in [6, 6.07) is 5.96. The molecule has 1 amide bonds. The minimum absolute atomic E-state index is 0.0110. The molecule has 1 aromatic heterocycles. The molecule has 130 valence electrons. The summed E-state index contributed by atoms with van der Waals surface area (Å²) in [6.07, 6.45) is 2.94. The molecule has 0 aliphatic rings. The molecule has 24 heavy (non-hydrogen) atoms. The van der Waals surface area contributed by atoms with Gasteiger partial charge in [-0.3, -0.25) is 4.79 Å². The first kappa shape index (κ1) is 18.8. The summed E-state index contributed by atoms with van der Waals surface area (Å²) in [5.41, 5.74) is 7.01. The largest absolute Gasteiger partial charge is 0.410 e. The van der Waals surface area contributed by atoms with Gasteiger partial charge in [0, 0.05) is 12.1 Å². The first-order valence-electron chi connectivity index (χ1n) is 7.65. The van der Waals surface area contributed by atoms with Gasteiger partial charge < -0.3 is 15.5 Å². The number of aryl methyl sites for hydroxylation is 2. The fourth-order valence-electron chi connectivity index (χ4n) is 2.01. The molecule has 8 heteroatoms. The molecule has 0 saturated carbocycles. The van der Waals surface area contributed by atoms with Crippen LogP contribution < -0.4 is 11.1 Å². The molecule has 0 aliphatic carbocycles. The average Bonchev–Trinajstić information content (AvgIpc) is 3.03. The molecule has 0 bridgehead atoms. The van der Waals surface area contributed by atoms with Gasteiger partial charge in [-0.25, -0.2) is 0 Å². The van der Waals surface area contributed by atoms with Crippen LogP contribution in [-0.4, -0.2) is 33.9 Å². The summed E-state index contributed by atoms with van der Waals surface area (Å²) in [7, 11) is 0. The second-order valence-electron chi connectivity index (χ2n) is 5.54. The van der Waals surface area contributed by atoms with Crippen molar-refractivity contribution in [3.8, 4) is 0 Å². The molecule has 2 aromatic rings. The van der Waals surface area contributed by atoms with Gasteiger partial charge in [-0.1, -0.05) is 23.9 Å². The maximum absolute atomic E-state index is 12.1. The molecule has 0 unspecified atom stereocenters. The minimum Gasteiger partial charge on any atom is -0.410 e. The summed E-state index contributed by atoms with van der Waals surface area (Å²) >= 11 is 3.00. The summed E-state index contributed by atoms with van der Waals surface area (Å²) < 4.78 is 5.57. The quantitative estimate of drug-likeness (QED) is 0.696. The first-order valence-corrected chi connectivity index (χ1v) is 10.0. The van der Waals surface area contributed by atoms with Gasteiger partial charge in [-0.2, -0.15) is 11.8 Å². The van der Waals surface area contributed by atoms with Crippen molar-refractivity contribution in [1.82, 2.24) is 10.2 Å². The highest BCUT2D eigenvalue weighted by molar-refractivity contribution is 7.99. The van der Waals surface area contributed by atoms with Crippen LogP contribution >= 0.6 is 23.5 Å². The van der Waals surface area contributed by atoms with Crippen molar-refractivity contribution in [3.05, 3.63) is 35.2 Å². The van der Waals surface area contributed by atoms with Crippen LogP contribution in [0.2, 0.25) is 0 Å². The van der Waals surface area contributed by atoms with Gasteiger partial charge in [-0.05, 0) is 43.0 Å². The molecule has 1 heterocycles.